The van der Waals surface area contributed by atoms with Gasteiger partial charge >= 0.3 is 0 Å². The first kappa shape index (κ1) is 17.3. The molecule has 0 bridgehead atoms. The van der Waals surface area contributed by atoms with Crippen LogP contribution in [-0.2, 0) is 11.2 Å². The molecule has 0 fully saturated rings. The number of aliphatic hydroxyl groups is 1. The molecule has 130 valence electrons. The largest absolute Gasteiger partial charge is 0.507 e. The highest BCUT2D eigenvalue weighted by molar-refractivity contribution is 5.90. The lowest BCUT2D eigenvalue weighted by Crippen LogP contribution is -2.24. The van der Waals surface area contributed by atoms with Crippen molar-refractivity contribution >= 4 is 10.8 Å². The molecule has 1 unspecified atom stereocenters. The van der Waals surface area contributed by atoms with Crippen molar-refractivity contribution in [3.05, 3.63) is 72.3 Å². The van der Waals surface area contributed by atoms with Crippen LogP contribution in [-0.4, -0.2) is 36.1 Å². The predicted molar refractivity (Wildman–Crippen MR) is 98.1 cm³/mol. The summed E-state index contributed by atoms with van der Waals surface area (Å²) in [5.41, 5.74) is 1.11. The van der Waals surface area contributed by atoms with Gasteiger partial charge in [0.2, 0.25) is 0 Å². The third kappa shape index (κ3) is 4.72. The number of hydrogen-bond acceptors (Lipinski definition) is 4. The van der Waals surface area contributed by atoms with Crippen LogP contribution in [0, 0.1) is 0 Å². The molecule has 0 amide bonds. The fourth-order valence-corrected chi connectivity index (χ4v) is 2.74. The van der Waals surface area contributed by atoms with E-state index in [1.165, 1.54) is 0 Å². The molecule has 0 saturated heterocycles. The summed E-state index contributed by atoms with van der Waals surface area (Å²) in [4.78, 5) is 0. The summed E-state index contributed by atoms with van der Waals surface area (Å²) >= 11 is 0. The topological polar surface area (TPSA) is 58.9 Å². The Balaban J connectivity index is 1.45. The molecule has 0 radical (unpaired) electrons. The van der Waals surface area contributed by atoms with Gasteiger partial charge in [0.1, 0.15) is 24.2 Å². The van der Waals surface area contributed by atoms with Crippen molar-refractivity contribution in [2.45, 2.75) is 12.5 Å². The number of ether oxygens (including phenoxy) is 2. The minimum atomic E-state index is -0.670. The van der Waals surface area contributed by atoms with Crippen molar-refractivity contribution in [3.63, 3.8) is 0 Å². The number of rotatable bonds is 8. The molecule has 1 atom stereocenters. The smallest absolute Gasteiger partial charge is 0.123 e. The molecule has 2 N–H and O–H groups in total. The quantitative estimate of drug-likeness (QED) is 0.617. The molecule has 3 rings (SSSR count). The molecule has 0 aliphatic heterocycles. The fraction of sp³-hybridized carbons (Fsp3) is 0.238. The SMILES string of the molecule is Oc1cccc2c(CCOCC(O)COc3ccccc3)cccc12. The van der Waals surface area contributed by atoms with Gasteiger partial charge in [0, 0.05) is 5.39 Å². The van der Waals surface area contributed by atoms with Crippen molar-refractivity contribution < 1.29 is 19.7 Å². The Morgan fingerprint density at radius 1 is 0.800 bits per heavy atom. The Labute approximate surface area is 147 Å². The van der Waals surface area contributed by atoms with Crippen LogP contribution >= 0.6 is 0 Å². The van der Waals surface area contributed by atoms with Crippen LogP contribution < -0.4 is 4.74 Å². The number of fused-ring (bicyclic) bond motifs is 1. The normalized spacial score (nSPS) is 12.2. The van der Waals surface area contributed by atoms with E-state index >= 15 is 0 Å². The minimum Gasteiger partial charge on any atom is -0.507 e. The van der Waals surface area contributed by atoms with Gasteiger partial charge in [-0.3, -0.25) is 0 Å². The Morgan fingerprint density at radius 3 is 2.40 bits per heavy atom. The molecule has 0 heterocycles. The molecule has 0 aliphatic carbocycles. The van der Waals surface area contributed by atoms with Crippen LogP contribution in [0.1, 0.15) is 5.56 Å². The molecule has 0 aromatic heterocycles. The van der Waals surface area contributed by atoms with Crippen LogP contribution in [0.2, 0.25) is 0 Å². The summed E-state index contributed by atoms with van der Waals surface area (Å²) in [5, 5.41) is 21.7. The van der Waals surface area contributed by atoms with Crippen molar-refractivity contribution in [1.29, 1.82) is 0 Å². The van der Waals surface area contributed by atoms with Crippen molar-refractivity contribution in [1.82, 2.24) is 0 Å². The maximum atomic E-state index is 9.93. The van der Waals surface area contributed by atoms with Gasteiger partial charge in [-0.1, -0.05) is 48.5 Å². The van der Waals surface area contributed by atoms with Gasteiger partial charge in [-0.25, -0.2) is 0 Å². The van der Waals surface area contributed by atoms with E-state index in [-0.39, 0.29) is 19.0 Å². The first-order chi connectivity index (χ1) is 12.2. The van der Waals surface area contributed by atoms with Crippen LogP contribution in [0.4, 0.5) is 0 Å². The van der Waals surface area contributed by atoms with E-state index in [9.17, 15) is 10.2 Å². The highest BCUT2D eigenvalue weighted by Crippen LogP contribution is 2.27. The summed E-state index contributed by atoms with van der Waals surface area (Å²) in [5.74, 6) is 1.02. The number of phenolic OH excluding ortho intramolecular Hbond substituents is 1. The Bertz CT molecular complexity index is 801. The zero-order valence-corrected chi connectivity index (χ0v) is 14.0. The van der Waals surface area contributed by atoms with Gasteiger partial charge in [0.15, 0.2) is 0 Å². The summed E-state index contributed by atoms with van der Waals surface area (Å²) in [6, 6.07) is 20.8. The van der Waals surface area contributed by atoms with Crippen molar-refractivity contribution in [2.75, 3.05) is 19.8 Å². The van der Waals surface area contributed by atoms with Gasteiger partial charge in [-0.2, -0.15) is 0 Å². The lowest BCUT2D eigenvalue weighted by Gasteiger charge is -2.13. The molecule has 0 saturated carbocycles. The number of phenols is 1. The Morgan fingerprint density at radius 2 is 1.56 bits per heavy atom. The standard InChI is InChI=1S/C21H22O4/c22-17(15-25-18-7-2-1-3-8-18)14-24-13-12-16-6-4-10-20-19(16)9-5-11-21(20)23/h1-11,17,22-23H,12-15H2. The van der Waals surface area contributed by atoms with E-state index in [4.69, 9.17) is 9.47 Å². The molecular weight excluding hydrogens is 316 g/mol. The second-order valence-electron chi connectivity index (χ2n) is 5.89. The predicted octanol–water partition coefficient (Wildman–Crippen LogP) is 3.54. The minimum absolute atomic E-state index is 0.201. The van der Waals surface area contributed by atoms with E-state index in [0.29, 0.717) is 13.0 Å². The van der Waals surface area contributed by atoms with Crippen LogP contribution in [0.3, 0.4) is 0 Å². The second kappa shape index (κ2) is 8.51. The van der Waals surface area contributed by atoms with Gasteiger partial charge in [-0.15, -0.1) is 0 Å². The van der Waals surface area contributed by atoms with E-state index in [1.807, 2.05) is 60.7 Å². The number of aliphatic hydroxyl groups excluding tert-OH is 1. The maximum absolute atomic E-state index is 9.93. The number of aromatic hydroxyl groups is 1. The molecule has 3 aromatic carbocycles. The maximum Gasteiger partial charge on any atom is 0.123 e. The molecule has 4 nitrogen and oxygen atoms in total. The van der Waals surface area contributed by atoms with E-state index in [2.05, 4.69) is 0 Å². The molecule has 25 heavy (non-hydrogen) atoms. The summed E-state index contributed by atoms with van der Waals surface area (Å²) in [6.07, 6.45) is 0.0457. The lowest BCUT2D eigenvalue weighted by atomic mass is 10.0. The third-order valence-corrected chi connectivity index (χ3v) is 4.00. The van der Waals surface area contributed by atoms with Crippen LogP contribution in [0.5, 0.6) is 11.5 Å². The third-order valence-electron chi connectivity index (χ3n) is 4.00. The average Bonchev–Trinajstić information content (AvgIpc) is 2.65. The molecule has 3 aromatic rings. The molecule has 0 aliphatic rings. The van der Waals surface area contributed by atoms with Crippen molar-refractivity contribution in [2.24, 2.45) is 0 Å². The van der Waals surface area contributed by atoms with Gasteiger partial charge in [-0.05, 0) is 35.6 Å². The number of para-hydroxylation sites is 1. The molecule has 4 heteroatoms. The van der Waals surface area contributed by atoms with Gasteiger partial charge in [0.25, 0.3) is 0 Å². The van der Waals surface area contributed by atoms with Gasteiger partial charge in [0.05, 0.1) is 13.2 Å². The fourth-order valence-electron chi connectivity index (χ4n) is 2.74. The Hall–Kier alpha value is -2.56. The average molecular weight is 338 g/mol. The second-order valence-corrected chi connectivity index (χ2v) is 5.89. The highest BCUT2D eigenvalue weighted by atomic mass is 16.5. The summed E-state index contributed by atoms with van der Waals surface area (Å²) in [6.45, 7) is 0.923. The Kier molecular flexibility index (Phi) is 5.88. The van der Waals surface area contributed by atoms with Crippen LogP contribution in [0.15, 0.2) is 66.7 Å². The highest BCUT2D eigenvalue weighted by Gasteiger charge is 2.07. The zero-order valence-electron chi connectivity index (χ0n) is 14.0. The first-order valence-electron chi connectivity index (χ1n) is 8.37. The molecular formula is C21H22O4. The zero-order chi connectivity index (χ0) is 17.5. The van der Waals surface area contributed by atoms with E-state index in [0.717, 1.165) is 22.1 Å². The van der Waals surface area contributed by atoms with Gasteiger partial charge < -0.3 is 19.7 Å². The monoisotopic (exact) mass is 338 g/mol. The number of benzene rings is 3. The first-order valence-corrected chi connectivity index (χ1v) is 8.37. The lowest BCUT2D eigenvalue weighted by molar-refractivity contribution is 0.0131. The van der Waals surface area contributed by atoms with Crippen LogP contribution in [0.25, 0.3) is 10.8 Å². The van der Waals surface area contributed by atoms with E-state index in [1.54, 1.807) is 6.07 Å². The summed E-state index contributed by atoms with van der Waals surface area (Å²) in [7, 11) is 0. The molecule has 0 spiro atoms. The van der Waals surface area contributed by atoms with E-state index < -0.39 is 6.10 Å². The summed E-state index contributed by atoms with van der Waals surface area (Å²) < 4.78 is 11.1. The van der Waals surface area contributed by atoms with Crippen molar-refractivity contribution in [3.8, 4) is 11.5 Å². The number of hydrogen-bond donors (Lipinski definition) is 2.